The summed E-state index contributed by atoms with van der Waals surface area (Å²) in [6, 6.07) is 7.77. The van der Waals surface area contributed by atoms with Crippen molar-refractivity contribution in [3.63, 3.8) is 0 Å². The van der Waals surface area contributed by atoms with E-state index in [4.69, 9.17) is 0 Å². The van der Waals surface area contributed by atoms with Gasteiger partial charge in [0.1, 0.15) is 0 Å². The summed E-state index contributed by atoms with van der Waals surface area (Å²) in [6.07, 6.45) is 1.48. The predicted octanol–water partition coefficient (Wildman–Crippen LogP) is 3.25. The van der Waals surface area contributed by atoms with E-state index in [0.29, 0.717) is 25.2 Å². The summed E-state index contributed by atoms with van der Waals surface area (Å²) in [5.74, 6) is 0.659. The summed E-state index contributed by atoms with van der Waals surface area (Å²) in [6.45, 7) is 4.26. The number of carbonyl (C=O) groups is 2. The molecule has 0 heterocycles. The largest absolute Gasteiger partial charge is 0.349 e. The molecule has 1 aromatic carbocycles. The van der Waals surface area contributed by atoms with E-state index in [1.807, 2.05) is 24.3 Å². The van der Waals surface area contributed by atoms with Crippen molar-refractivity contribution in [3.05, 3.63) is 35.4 Å². The fraction of sp³-hybridized carbons (Fsp3) is 0.500. The van der Waals surface area contributed by atoms with E-state index >= 15 is 0 Å². The molecule has 0 unspecified atom stereocenters. The Morgan fingerprint density at radius 2 is 1.63 bits per heavy atom. The van der Waals surface area contributed by atoms with E-state index in [-0.39, 0.29) is 11.7 Å². The van der Waals surface area contributed by atoms with Gasteiger partial charge in [-0.05, 0) is 17.9 Å². The van der Waals surface area contributed by atoms with Gasteiger partial charge in [-0.2, -0.15) is 0 Å². The first kappa shape index (κ1) is 15.4. The van der Waals surface area contributed by atoms with Crippen LogP contribution in [-0.4, -0.2) is 30.7 Å². The highest BCUT2D eigenvalue weighted by Gasteiger charge is 2.09. The van der Waals surface area contributed by atoms with Crippen LogP contribution in [0.3, 0.4) is 0 Å². The van der Waals surface area contributed by atoms with E-state index < -0.39 is 0 Å². The molecule has 19 heavy (non-hydrogen) atoms. The Balaban J connectivity index is 2.48. The first-order valence-corrected chi connectivity index (χ1v) is 6.75. The summed E-state index contributed by atoms with van der Waals surface area (Å²) in [4.78, 5) is 24.9. The van der Waals surface area contributed by atoms with Crippen molar-refractivity contribution in [1.82, 2.24) is 4.90 Å². The molecule has 0 saturated carbocycles. The molecule has 0 N–H and O–H groups in total. The first-order chi connectivity index (χ1) is 8.91. The lowest BCUT2D eigenvalue weighted by molar-refractivity contribution is -0.128. The number of ketones is 1. The quantitative estimate of drug-likeness (QED) is 0.737. The molecule has 0 aliphatic carbocycles. The van der Waals surface area contributed by atoms with Gasteiger partial charge in [-0.3, -0.25) is 9.59 Å². The lowest BCUT2D eigenvalue weighted by atomic mass is 9.99. The van der Waals surface area contributed by atoms with Gasteiger partial charge in [-0.15, -0.1) is 0 Å². The van der Waals surface area contributed by atoms with Crippen LogP contribution >= 0.6 is 0 Å². The number of amides is 1. The number of carbonyl (C=O) groups excluding carboxylic acids is 2. The molecule has 1 aromatic rings. The monoisotopic (exact) mass is 261 g/mol. The molecular formula is C16H23NO2. The van der Waals surface area contributed by atoms with Crippen molar-refractivity contribution in [2.75, 3.05) is 14.1 Å². The Labute approximate surface area is 115 Å². The van der Waals surface area contributed by atoms with E-state index in [1.54, 1.807) is 19.0 Å². The molecule has 0 atom stereocenters. The molecule has 0 fully saturated rings. The lowest BCUT2D eigenvalue weighted by Crippen LogP contribution is -2.21. The van der Waals surface area contributed by atoms with E-state index in [9.17, 15) is 9.59 Å². The van der Waals surface area contributed by atoms with Gasteiger partial charge in [0.2, 0.25) is 5.91 Å². The minimum absolute atomic E-state index is 0.0722. The highest BCUT2D eigenvalue weighted by atomic mass is 16.2. The van der Waals surface area contributed by atoms with Crippen LogP contribution < -0.4 is 0 Å². The van der Waals surface area contributed by atoms with Crippen molar-refractivity contribution >= 4 is 11.7 Å². The van der Waals surface area contributed by atoms with Gasteiger partial charge < -0.3 is 4.90 Å². The molecule has 0 saturated heterocycles. The second kappa shape index (κ2) is 7.07. The van der Waals surface area contributed by atoms with Gasteiger partial charge in [0.25, 0.3) is 0 Å². The Kier molecular flexibility index (Phi) is 5.74. The number of Topliss-reactive ketones (excluding diaryl/α,β-unsaturated/α-hetero) is 1. The molecule has 0 bridgehead atoms. The van der Waals surface area contributed by atoms with Gasteiger partial charge >= 0.3 is 0 Å². The maximum absolute atomic E-state index is 12.0. The number of rotatable bonds is 6. The summed E-state index contributed by atoms with van der Waals surface area (Å²) in [5.41, 5.74) is 1.97. The van der Waals surface area contributed by atoms with Gasteiger partial charge in [-0.25, -0.2) is 0 Å². The maximum atomic E-state index is 12.0. The van der Waals surface area contributed by atoms with Crippen LogP contribution in [0.1, 0.15) is 54.9 Å². The highest BCUT2D eigenvalue weighted by molar-refractivity contribution is 5.96. The molecule has 3 heteroatoms. The van der Waals surface area contributed by atoms with Crippen molar-refractivity contribution in [1.29, 1.82) is 0 Å². The average Bonchev–Trinajstić information content (AvgIpc) is 2.38. The topological polar surface area (TPSA) is 37.4 Å². The standard InChI is InChI=1S/C16H23NO2/c1-12(2)13-8-10-14(11-9-13)15(18)6-5-7-16(19)17(3)4/h8-12H,5-7H2,1-4H3. The highest BCUT2D eigenvalue weighted by Crippen LogP contribution is 2.16. The Morgan fingerprint density at radius 3 is 2.11 bits per heavy atom. The van der Waals surface area contributed by atoms with Gasteiger partial charge in [0.05, 0.1) is 0 Å². The normalized spacial score (nSPS) is 10.6. The van der Waals surface area contributed by atoms with Gasteiger partial charge in [0.15, 0.2) is 5.78 Å². The van der Waals surface area contributed by atoms with Crippen LogP contribution in [0.25, 0.3) is 0 Å². The zero-order chi connectivity index (χ0) is 14.4. The predicted molar refractivity (Wildman–Crippen MR) is 77.4 cm³/mol. The summed E-state index contributed by atoms with van der Waals surface area (Å²) < 4.78 is 0. The smallest absolute Gasteiger partial charge is 0.222 e. The number of hydrogen-bond donors (Lipinski definition) is 0. The summed E-state index contributed by atoms with van der Waals surface area (Å²) in [7, 11) is 3.46. The van der Waals surface area contributed by atoms with Crippen molar-refractivity contribution < 1.29 is 9.59 Å². The molecule has 104 valence electrons. The van der Waals surface area contributed by atoms with Crippen LogP contribution in [0, 0.1) is 0 Å². The zero-order valence-electron chi connectivity index (χ0n) is 12.3. The van der Waals surface area contributed by atoms with E-state index in [2.05, 4.69) is 13.8 Å². The van der Waals surface area contributed by atoms with Crippen LogP contribution in [0.15, 0.2) is 24.3 Å². The Morgan fingerprint density at radius 1 is 1.05 bits per heavy atom. The van der Waals surface area contributed by atoms with E-state index in [1.165, 1.54) is 5.56 Å². The van der Waals surface area contributed by atoms with E-state index in [0.717, 1.165) is 5.56 Å². The molecule has 0 radical (unpaired) electrons. The average molecular weight is 261 g/mol. The molecule has 0 spiro atoms. The zero-order valence-corrected chi connectivity index (χ0v) is 12.3. The third kappa shape index (κ3) is 4.86. The fourth-order valence-corrected chi connectivity index (χ4v) is 1.82. The van der Waals surface area contributed by atoms with Crippen LogP contribution in [-0.2, 0) is 4.79 Å². The third-order valence-corrected chi connectivity index (χ3v) is 3.19. The van der Waals surface area contributed by atoms with Gasteiger partial charge in [0, 0.05) is 32.5 Å². The molecule has 1 amide bonds. The second-order valence-corrected chi connectivity index (χ2v) is 5.34. The Hall–Kier alpha value is -1.64. The molecule has 0 aromatic heterocycles. The second-order valence-electron chi connectivity index (χ2n) is 5.34. The first-order valence-electron chi connectivity index (χ1n) is 6.75. The molecule has 3 nitrogen and oxygen atoms in total. The SMILES string of the molecule is CC(C)c1ccc(C(=O)CCCC(=O)N(C)C)cc1. The molecule has 1 rings (SSSR count). The van der Waals surface area contributed by atoms with Crippen molar-refractivity contribution in [3.8, 4) is 0 Å². The minimum atomic E-state index is 0.0722. The minimum Gasteiger partial charge on any atom is -0.349 e. The van der Waals surface area contributed by atoms with Crippen LogP contribution in [0.2, 0.25) is 0 Å². The summed E-state index contributed by atoms with van der Waals surface area (Å²) in [5, 5.41) is 0. The molecule has 0 aliphatic rings. The van der Waals surface area contributed by atoms with Crippen molar-refractivity contribution in [2.24, 2.45) is 0 Å². The Bertz CT molecular complexity index is 433. The number of benzene rings is 1. The molecule has 0 aliphatic heterocycles. The van der Waals surface area contributed by atoms with Gasteiger partial charge in [-0.1, -0.05) is 38.1 Å². The molecular weight excluding hydrogens is 238 g/mol. The summed E-state index contributed by atoms with van der Waals surface area (Å²) >= 11 is 0. The lowest BCUT2D eigenvalue weighted by Gasteiger charge is -2.09. The number of nitrogens with zero attached hydrogens (tertiary/aromatic N) is 1. The fourth-order valence-electron chi connectivity index (χ4n) is 1.82. The van der Waals surface area contributed by atoms with Crippen molar-refractivity contribution in [2.45, 2.75) is 39.0 Å². The maximum Gasteiger partial charge on any atom is 0.222 e. The van der Waals surface area contributed by atoms with Crippen LogP contribution in [0.4, 0.5) is 0 Å². The van der Waals surface area contributed by atoms with Crippen LogP contribution in [0.5, 0.6) is 0 Å². The number of hydrogen-bond acceptors (Lipinski definition) is 2. The third-order valence-electron chi connectivity index (χ3n) is 3.19.